The fourth-order valence-electron chi connectivity index (χ4n) is 13.4. The molecule has 2 unspecified atom stereocenters. The minimum Gasteiger partial charge on any atom is -0.466 e. The quantitative estimate of drug-likeness (QED) is 0.0320. The number of carbonyl (C=O) groups excluding carboxylic acids is 2. The molecular formula is C84H163NO5. The molecule has 534 valence electrons. The molecule has 2 atom stereocenters. The fraction of sp³-hybridized carbons (Fsp3) is 0.929. The predicted molar refractivity (Wildman–Crippen MR) is 398 cm³/mol. The molecule has 0 aliphatic heterocycles. The van der Waals surface area contributed by atoms with Gasteiger partial charge in [0.15, 0.2) is 0 Å². The molecule has 0 heterocycles. The van der Waals surface area contributed by atoms with Gasteiger partial charge in [-0.2, -0.15) is 0 Å². The number of hydrogen-bond acceptors (Lipinski definition) is 5. The molecule has 0 rings (SSSR count). The van der Waals surface area contributed by atoms with Gasteiger partial charge in [-0.15, -0.1) is 0 Å². The minimum absolute atomic E-state index is 0.0282. The summed E-state index contributed by atoms with van der Waals surface area (Å²) in [5.41, 5.74) is 0. The van der Waals surface area contributed by atoms with Crippen molar-refractivity contribution in [2.24, 2.45) is 0 Å². The van der Waals surface area contributed by atoms with Gasteiger partial charge in [-0.3, -0.25) is 9.59 Å². The van der Waals surface area contributed by atoms with Crippen molar-refractivity contribution >= 4 is 11.9 Å². The van der Waals surface area contributed by atoms with Crippen LogP contribution in [0.25, 0.3) is 0 Å². The summed E-state index contributed by atoms with van der Waals surface area (Å²) in [7, 11) is 0. The molecular weight excluding hydrogens is 1100 g/mol. The number of aliphatic hydroxyl groups is 2. The van der Waals surface area contributed by atoms with Crippen molar-refractivity contribution in [2.45, 2.75) is 488 Å². The van der Waals surface area contributed by atoms with E-state index in [1.165, 1.54) is 411 Å². The lowest BCUT2D eigenvalue weighted by atomic mass is 10.0. The number of nitrogens with one attached hydrogen (secondary N) is 1. The lowest BCUT2D eigenvalue weighted by Gasteiger charge is -2.20. The summed E-state index contributed by atoms with van der Waals surface area (Å²) >= 11 is 0. The van der Waals surface area contributed by atoms with Crippen LogP contribution in [0.1, 0.15) is 476 Å². The second kappa shape index (κ2) is 79.8. The average Bonchev–Trinajstić information content (AvgIpc) is 3.65. The molecule has 0 aromatic heterocycles. The maximum Gasteiger partial charge on any atom is 0.305 e. The topological polar surface area (TPSA) is 95.9 Å². The molecule has 1 amide bonds. The maximum atomic E-state index is 12.5. The smallest absolute Gasteiger partial charge is 0.305 e. The number of unbranched alkanes of at least 4 members (excludes halogenated alkanes) is 66. The van der Waals surface area contributed by atoms with Crippen molar-refractivity contribution in [3.8, 4) is 0 Å². The van der Waals surface area contributed by atoms with Gasteiger partial charge in [0.05, 0.1) is 25.4 Å². The van der Waals surface area contributed by atoms with Crippen LogP contribution in [0.2, 0.25) is 0 Å². The normalized spacial score (nSPS) is 12.5. The van der Waals surface area contributed by atoms with Gasteiger partial charge < -0.3 is 20.3 Å². The summed E-state index contributed by atoms with van der Waals surface area (Å²) in [6, 6.07) is -0.624. The lowest BCUT2D eigenvalue weighted by molar-refractivity contribution is -0.143. The van der Waals surface area contributed by atoms with Gasteiger partial charge in [0.2, 0.25) is 5.91 Å². The monoisotopic (exact) mass is 1270 g/mol. The van der Waals surface area contributed by atoms with Crippen molar-refractivity contribution in [3.05, 3.63) is 24.3 Å². The van der Waals surface area contributed by atoms with Crippen LogP contribution in [0.15, 0.2) is 24.3 Å². The Bertz CT molecular complexity index is 1410. The van der Waals surface area contributed by atoms with E-state index in [0.717, 1.165) is 38.5 Å². The van der Waals surface area contributed by atoms with Crippen LogP contribution in [-0.2, 0) is 14.3 Å². The Hall–Kier alpha value is -1.66. The highest BCUT2D eigenvalue weighted by atomic mass is 16.5. The molecule has 6 nitrogen and oxygen atoms in total. The van der Waals surface area contributed by atoms with Crippen molar-refractivity contribution in [2.75, 3.05) is 13.2 Å². The van der Waals surface area contributed by atoms with Crippen LogP contribution in [-0.4, -0.2) is 47.4 Å². The van der Waals surface area contributed by atoms with Crippen LogP contribution < -0.4 is 5.32 Å². The number of aliphatic hydroxyl groups excluding tert-OH is 2. The first kappa shape index (κ1) is 88.3. The van der Waals surface area contributed by atoms with E-state index in [1.807, 2.05) is 6.08 Å². The van der Waals surface area contributed by atoms with Gasteiger partial charge in [0.25, 0.3) is 0 Å². The largest absolute Gasteiger partial charge is 0.466 e. The maximum absolute atomic E-state index is 12.5. The van der Waals surface area contributed by atoms with Crippen LogP contribution in [0.5, 0.6) is 0 Å². The Kier molecular flexibility index (Phi) is 78.3. The second-order valence-electron chi connectivity index (χ2n) is 28.8. The van der Waals surface area contributed by atoms with Crippen LogP contribution in [0, 0.1) is 0 Å². The first-order valence-corrected chi connectivity index (χ1v) is 41.6. The highest BCUT2D eigenvalue weighted by molar-refractivity contribution is 5.76. The third kappa shape index (κ3) is 75.4. The van der Waals surface area contributed by atoms with E-state index in [-0.39, 0.29) is 18.5 Å². The number of allylic oxidation sites excluding steroid dienone is 3. The zero-order chi connectivity index (χ0) is 64.9. The van der Waals surface area contributed by atoms with Crippen LogP contribution >= 0.6 is 0 Å². The molecule has 0 aromatic rings. The molecule has 6 heteroatoms. The number of ether oxygens (including phenoxy) is 1. The molecule has 0 aromatic carbocycles. The van der Waals surface area contributed by atoms with Crippen molar-refractivity contribution in [1.29, 1.82) is 0 Å². The van der Waals surface area contributed by atoms with E-state index >= 15 is 0 Å². The number of carbonyl (C=O) groups is 2. The van der Waals surface area contributed by atoms with Gasteiger partial charge >= 0.3 is 5.97 Å². The summed E-state index contributed by atoms with van der Waals surface area (Å²) < 4.78 is 5.53. The number of amides is 1. The standard InChI is InChI=1S/C84H163NO5/c1-3-5-7-9-11-13-15-17-19-20-42-46-50-54-58-62-66-70-74-78-84(89)90-79-75-71-67-63-59-55-51-47-44-41-39-37-35-33-31-29-27-25-23-21-22-24-26-28-30-32-34-36-38-40-43-45-49-53-57-61-65-69-73-77-83(88)85-81(80-86)82(87)76-72-68-64-60-56-52-48-18-16-14-12-10-8-6-4-2/h21-22,72,76,81-82,86-87H,3-20,23-71,73-75,77-80H2,1-2H3,(H,85,88)/b22-21-,76-72+. The third-order valence-electron chi connectivity index (χ3n) is 19.7. The number of rotatable bonds is 79. The molecule has 0 aliphatic rings. The van der Waals surface area contributed by atoms with E-state index in [0.29, 0.717) is 19.4 Å². The summed E-state index contributed by atoms with van der Waals surface area (Å²) in [6.07, 6.45) is 103. The Morgan fingerprint density at radius 3 is 0.789 bits per heavy atom. The molecule has 0 saturated heterocycles. The highest BCUT2D eigenvalue weighted by Crippen LogP contribution is 2.20. The molecule has 0 radical (unpaired) electrons. The Balaban J connectivity index is 3.31. The first-order chi connectivity index (χ1) is 44.5. The predicted octanol–water partition coefficient (Wildman–Crippen LogP) is 27.6. The van der Waals surface area contributed by atoms with Gasteiger partial charge in [0, 0.05) is 12.8 Å². The Morgan fingerprint density at radius 1 is 0.300 bits per heavy atom. The van der Waals surface area contributed by atoms with Gasteiger partial charge in [-0.25, -0.2) is 0 Å². The average molecular weight is 1270 g/mol. The van der Waals surface area contributed by atoms with Crippen molar-refractivity contribution in [3.63, 3.8) is 0 Å². The van der Waals surface area contributed by atoms with E-state index < -0.39 is 12.1 Å². The summed E-state index contributed by atoms with van der Waals surface area (Å²) in [6.45, 7) is 4.96. The first-order valence-electron chi connectivity index (χ1n) is 41.6. The third-order valence-corrected chi connectivity index (χ3v) is 19.7. The second-order valence-corrected chi connectivity index (χ2v) is 28.8. The molecule has 0 aliphatic carbocycles. The molecule has 0 bridgehead atoms. The minimum atomic E-state index is -0.841. The van der Waals surface area contributed by atoms with E-state index in [2.05, 4.69) is 31.3 Å². The van der Waals surface area contributed by atoms with Gasteiger partial charge in [0.1, 0.15) is 0 Å². The molecule has 90 heavy (non-hydrogen) atoms. The zero-order valence-electron chi connectivity index (χ0n) is 61.4. The Labute approximate surface area is 564 Å². The molecule has 0 spiro atoms. The number of hydrogen-bond donors (Lipinski definition) is 3. The van der Waals surface area contributed by atoms with Crippen molar-refractivity contribution < 1.29 is 24.5 Å². The highest BCUT2D eigenvalue weighted by Gasteiger charge is 2.18. The Morgan fingerprint density at radius 2 is 0.522 bits per heavy atom. The molecule has 0 fully saturated rings. The van der Waals surface area contributed by atoms with Crippen LogP contribution in [0.3, 0.4) is 0 Å². The zero-order valence-corrected chi connectivity index (χ0v) is 61.4. The molecule has 3 N–H and O–H groups in total. The number of esters is 1. The summed E-state index contributed by atoms with van der Waals surface area (Å²) in [4.78, 5) is 24.6. The van der Waals surface area contributed by atoms with Gasteiger partial charge in [-0.1, -0.05) is 430 Å². The van der Waals surface area contributed by atoms with Crippen LogP contribution in [0.4, 0.5) is 0 Å². The van der Waals surface area contributed by atoms with Gasteiger partial charge in [-0.05, 0) is 57.8 Å². The fourth-order valence-corrected chi connectivity index (χ4v) is 13.4. The summed E-state index contributed by atoms with van der Waals surface area (Å²) in [5.74, 6) is -0.0322. The van der Waals surface area contributed by atoms with E-state index in [4.69, 9.17) is 4.74 Å². The summed E-state index contributed by atoms with van der Waals surface area (Å²) in [5, 5.41) is 23.2. The van der Waals surface area contributed by atoms with E-state index in [1.54, 1.807) is 6.08 Å². The molecule has 0 saturated carbocycles. The van der Waals surface area contributed by atoms with Crippen molar-refractivity contribution in [1.82, 2.24) is 5.32 Å². The lowest BCUT2D eigenvalue weighted by Crippen LogP contribution is -2.45. The van der Waals surface area contributed by atoms with E-state index in [9.17, 15) is 19.8 Å². The SMILES string of the molecule is CCCCCCCCCCCCCCC/C=C/C(O)C(CO)NC(=O)CCCCCCCCCCCCCCCCCCC/C=C\CCCCCCCCCCCCCCCCCCCCOC(=O)CCCCCCCCCCCCCCCCCCCCC.